The number of benzene rings is 2. The van der Waals surface area contributed by atoms with Gasteiger partial charge >= 0.3 is 5.97 Å². The molecule has 1 atom stereocenters. The van der Waals surface area contributed by atoms with Gasteiger partial charge in [0.2, 0.25) is 10.0 Å². The average Bonchev–Trinajstić information content (AvgIpc) is 3.24. The molecule has 0 aliphatic rings. The molecule has 0 radical (unpaired) electrons. The number of fused-ring (bicyclic) bond motifs is 1. The molecule has 158 valence electrons. The Balaban J connectivity index is 1.60. The zero-order valence-corrected chi connectivity index (χ0v) is 17.2. The summed E-state index contributed by atoms with van der Waals surface area (Å²) in [5.41, 5.74) is 2.39. The fourth-order valence-corrected chi connectivity index (χ4v) is 4.77. The highest BCUT2D eigenvalue weighted by molar-refractivity contribution is 7.88. The van der Waals surface area contributed by atoms with E-state index in [1.165, 1.54) is 6.20 Å². The topological polar surface area (TPSA) is 114 Å². The van der Waals surface area contributed by atoms with Crippen LogP contribution in [0.5, 0.6) is 0 Å². The summed E-state index contributed by atoms with van der Waals surface area (Å²) >= 11 is 0. The molecule has 0 saturated carbocycles. The number of carbonyl (C=O) groups is 1. The molecular formula is C22H20N4O4S. The van der Waals surface area contributed by atoms with Gasteiger partial charge in [-0.15, -0.1) is 0 Å². The number of para-hydroxylation sites is 2. The minimum Gasteiger partial charge on any atom is -0.481 e. The number of sulfonamides is 1. The van der Waals surface area contributed by atoms with E-state index in [9.17, 15) is 18.3 Å². The number of aromatic nitrogens is 3. The Morgan fingerprint density at radius 3 is 2.61 bits per heavy atom. The minimum atomic E-state index is -3.86. The Morgan fingerprint density at radius 2 is 1.84 bits per heavy atom. The molecule has 2 aromatic carbocycles. The molecule has 0 spiro atoms. The van der Waals surface area contributed by atoms with E-state index in [1.54, 1.807) is 35.3 Å². The van der Waals surface area contributed by atoms with Crippen LogP contribution in [0, 0.1) is 0 Å². The molecular weight excluding hydrogens is 416 g/mol. The highest BCUT2D eigenvalue weighted by atomic mass is 32.2. The number of hydrogen-bond acceptors (Lipinski definition) is 5. The van der Waals surface area contributed by atoms with Gasteiger partial charge in [0, 0.05) is 23.3 Å². The Hall–Kier alpha value is -3.56. The number of carboxylic acids is 1. The molecule has 31 heavy (non-hydrogen) atoms. The second kappa shape index (κ2) is 8.66. The van der Waals surface area contributed by atoms with Crippen molar-refractivity contribution in [2.24, 2.45) is 0 Å². The van der Waals surface area contributed by atoms with Gasteiger partial charge in [0.25, 0.3) is 0 Å². The van der Waals surface area contributed by atoms with Gasteiger partial charge < -0.3 is 5.11 Å². The van der Waals surface area contributed by atoms with Crippen molar-refractivity contribution in [3.8, 4) is 5.69 Å². The van der Waals surface area contributed by atoms with Crippen LogP contribution >= 0.6 is 0 Å². The van der Waals surface area contributed by atoms with E-state index < -0.39 is 28.5 Å². The van der Waals surface area contributed by atoms with E-state index in [2.05, 4.69) is 14.8 Å². The smallest absolute Gasteiger partial charge is 0.305 e. The number of pyridine rings is 1. The number of aliphatic carboxylic acids is 1. The van der Waals surface area contributed by atoms with E-state index in [0.29, 0.717) is 16.6 Å². The van der Waals surface area contributed by atoms with Gasteiger partial charge in [0.05, 0.1) is 35.6 Å². The Labute approximate surface area is 179 Å². The van der Waals surface area contributed by atoms with Gasteiger partial charge in [-0.3, -0.25) is 9.78 Å². The summed E-state index contributed by atoms with van der Waals surface area (Å²) in [5.74, 6) is -1.43. The molecule has 4 aromatic rings. The average molecular weight is 436 g/mol. The summed E-state index contributed by atoms with van der Waals surface area (Å²) < 4.78 is 30.0. The third-order valence-electron chi connectivity index (χ3n) is 4.79. The van der Waals surface area contributed by atoms with Crippen LogP contribution < -0.4 is 4.72 Å². The SMILES string of the molecule is O=C(O)CC(NS(=O)(=O)Cc1cccc2cccnc12)c1cnn(-c2ccccc2)c1. The van der Waals surface area contributed by atoms with E-state index in [-0.39, 0.29) is 5.75 Å². The van der Waals surface area contributed by atoms with E-state index >= 15 is 0 Å². The lowest BCUT2D eigenvalue weighted by Gasteiger charge is -2.16. The first-order chi connectivity index (χ1) is 14.9. The molecule has 4 rings (SSSR count). The normalized spacial score (nSPS) is 12.6. The van der Waals surface area contributed by atoms with E-state index in [1.807, 2.05) is 42.5 Å². The van der Waals surface area contributed by atoms with Crippen molar-refractivity contribution in [1.29, 1.82) is 0 Å². The second-order valence-electron chi connectivity index (χ2n) is 7.07. The highest BCUT2D eigenvalue weighted by Gasteiger charge is 2.24. The molecule has 0 aliphatic carbocycles. The number of nitrogens with one attached hydrogen (secondary N) is 1. The first-order valence-electron chi connectivity index (χ1n) is 9.56. The van der Waals surface area contributed by atoms with Gasteiger partial charge in [0.15, 0.2) is 0 Å². The van der Waals surface area contributed by atoms with Crippen molar-refractivity contribution in [2.45, 2.75) is 18.2 Å². The predicted molar refractivity (Wildman–Crippen MR) is 116 cm³/mol. The lowest BCUT2D eigenvalue weighted by atomic mass is 10.1. The van der Waals surface area contributed by atoms with Crippen LogP contribution in [0.25, 0.3) is 16.6 Å². The van der Waals surface area contributed by atoms with Crippen LogP contribution in [0.2, 0.25) is 0 Å². The standard InChI is InChI=1S/C22H20N4O4S/c27-21(28)12-20(18-13-24-26(14-18)19-9-2-1-3-10-19)25-31(29,30)15-17-7-4-6-16-8-5-11-23-22(16)17/h1-11,13-14,20,25H,12,15H2,(H,27,28). The van der Waals surface area contributed by atoms with Crippen molar-refractivity contribution in [1.82, 2.24) is 19.5 Å². The van der Waals surface area contributed by atoms with Crippen molar-refractivity contribution < 1.29 is 18.3 Å². The lowest BCUT2D eigenvalue weighted by Crippen LogP contribution is -2.31. The van der Waals surface area contributed by atoms with Crippen LogP contribution in [-0.4, -0.2) is 34.3 Å². The summed E-state index contributed by atoms with van der Waals surface area (Å²) in [6.07, 6.45) is 4.30. The largest absolute Gasteiger partial charge is 0.481 e. The fourth-order valence-electron chi connectivity index (χ4n) is 3.39. The molecule has 1 unspecified atom stereocenters. The van der Waals surface area contributed by atoms with Crippen molar-refractivity contribution in [3.05, 3.63) is 90.4 Å². The number of rotatable bonds is 8. The predicted octanol–water partition coefficient (Wildman–Crippen LogP) is 3.06. The van der Waals surface area contributed by atoms with Crippen LogP contribution in [0.15, 0.2) is 79.3 Å². The number of carboxylic acid groups (broad SMARTS) is 1. The quantitative estimate of drug-likeness (QED) is 0.439. The third-order valence-corrected chi connectivity index (χ3v) is 6.12. The first-order valence-corrected chi connectivity index (χ1v) is 11.2. The molecule has 9 heteroatoms. The molecule has 2 heterocycles. The summed E-state index contributed by atoms with van der Waals surface area (Å²) in [6.45, 7) is 0. The maximum atomic E-state index is 12.9. The Morgan fingerprint density at radius 1 is 1.06 bits per heavy atom. The molecule has 0 fully saturated rings. The van der Waals surface area contributed by atoms with Crippen molar-refractivity contribution in [3.63, 3.8) is 0 Å². The molecule has 0 bridgehead atoms. The molecule has 0 saturated heterocycles. The summed E-state index contributed by atoms with van der Waals surface area (Å²) in [5, 5.41) is 14.4. The fraction of sp³-hybridized carbons (Fsp3) is 0.136. The number of nitrogens with zero attached hydrogens (tertiary/aromatic N) is 3. The molecule has 8 nitrogen and oxygen atoms in total. The zero-order chi connectivity index (χ0) is 21.8. The van der Waals surface area contributed by atoms with Crippen LogP contribution in [0.1, 0.15) is 23.6 Å². The van der Waals surface area contributed by atoms with Crippen molar-refractivity contribution >= 4 is 26.9 Å². The first kappa shape index (κ1) is 20.7. The van der Waals surface area contributed by atoms with E-state index in [0.717, 1.165) is 11.1 Å². The zero-order valence-electron chi connectivity index (χ0n) is 16.4. The maximum Gasteiger partial charge on any atom is 0.305 e. The van der Waals surface area contributed by atoms with Gasteiger partial charge in [-0.05, 0) is 23.8 Å². The highest BCUT2D eigenvalue weighted by Crippen LogP contribution is 2.22. The minimum absolute atomic E-state index is 0.315. The van der Waals surface area contributed by atoms with Gasteiger partial charge in [-0.2, -0.15) is 5.10 Å². The lowest BCUT2D eigenvalue weighted by molar-refractivity contribution is -0.137. The molecule has 2 aromatic heterocycles. The van der Waals surface area contributed by atoms with Gasteiger partial charge in [-0.1, -0.05) is 42.5 Å². The van der Waals surface area contributed by atoms with Crippen LogP contribution in [0.3, 0.4) is 0 Å². The van der Waals surface area contributed by atoms with E-state index in [4.69, 9.17) is 0 Å². The summed E-state index contributed by atoms with van der Waals surface area (Å²) in [4.78, 5) is 15.7. The van der Waals surface area contributed by atoms with Crippen LogP contribution in [0.4, 0.5) is 0 Å². The summed E-state index contributed by atoms with van der Waals surface area (Å²) in [7, 11) is -3.86. The van der Waals surface area contributed by atoms with Gasteiger partial charge in [0.1, 0.15) is 0 Å². The van der Waals surface area contributed by atoms with Crippen LogP contribution in [-0.2, 0) is 20.6 Å². The second-order valence-corrected chi connectivity index (χ2v) is 8.83. The number of hydrogen-bond donors (Lipinski definition) is 2. The Kier molecular flexibility index (Phi) is 5.79. The molecule has 0 amide bonds. The third kappa shape index (κ3) is 4.96. The summed E-state index contributed by atoms with van der Waals surface area (Å²) in [6, 6.07) is 17.3. The monoisotopic (exact) mass is 436 g/mol. The maximum absolute atomic E-state index is 12.9. The van der Waals surface area contributed by atoms with Crippen molar-refractivity contribution in [2.75, 3.05) is 0 Å². The van der Waals surface area contributed by atoms with Gasteiger partial charge in [-0.25, -0.2) is 17.8 Å². The molecule has 2 N–H and O–H groups in total. The molecule has 0 aliphatic heterocycles. The Bertz CT molecular complexity index is 1310.